The van der Waals surface area contributed by atoms with Gasteiger partial charge in [-0.1, -0.05) is 0 Å². The Morgan fingerprint density at radius 2 is 1.96 bits per heavy atom. The normalized spacial score (nSPS) is 11.2. The molecule has 0 spiro atoms. The van der Waals surface area contributed by atoms with Crippen molar-refractivity contribution in [2.75, 3.05) is 7.11 Å². The van der Waals surface area contributed by atoms with Crippen LogP contribution >= 0.6 is 0 Å². The average Bonchev–Trinajstić information content (AvgIpc) is 2.88. The highest BCUT2D eigenvalue weighted by atomic mass is 16.5. The standard InChI is InChI=1S/C19H19N3O4/c1-11-18(14-9-13(26-3)5-6-15(14)22(11)2)19(25)21-20-10-12-4-7-16(23)17(24)8-12/h4-10,23-24H,1-3H3,(H,21,25)/b20-10-. The molecule has 7 heteroatoms. The van der Waals surface area contributed by atoms with Crippen LogP contribution in [0, 0.1) is 6.92 Å². The van der Waals surface area contributed by atoms with Crippen LogP contribution in [-0.4, -0.2) is 34.0 Å². The molecule has 0 aliphatic rings. The zero-order valence-corrected chi connectivity index (χ0v) is 14.6. The van der Waals surface area contributed by atoms with Gasteiger partial charge in [-0.05, 0) is 48.9 Å². The summed E-state index contributed by atoms with van der Waals surface area (Å²) in [5.41, 5.74) is 5.28. The lowest BCUT2D eigenvalue weighted by molar-refractivity contribution is 0.0956. The van der Waals surface area contributed by atoms with Crippen molar-refractivity contribution in [2.24, 2.45) is 12.1 Å². The Morgan fingerprint density at radius 3 is 2.65 bits per heavy atom. The van der Waals surface area contributed by atoms with Gasteiger partial charge in [0, 0.05) is 23.6 Å². The molecule has 0 radical (unpaired) electrons. The van der Waals surface area contributed by atoms with E-state index >= 15 is 0 Å². The van der Waals surface area contributed by atoms with E-state index in [1.54, 1.807) is 13.2 Å². The van der Waals surface area contributed by atoms with E-state index < -0.39 is 0 Å². The van der Waals surface area contributed by atoms with Crippen molar-refractivity contribution in [2.45, 2.75) is 6.92 Å². The number of hydrogen-bond donors (Lipinski definition) is 3. The molecule has 134 valence electrons. The molecule has 7 nitrogen and oxygen atoms in total. The van der Waals surface area contributed by atoms with Gasteiger partial charge in [0.2, 0.25) is 0 Å². The molecule has 3 N–H and O–H groups in total. The number of fused-ring (bicyclic) bond motifs is 1. The number of amides is 1. The minimum Gasteiger partial charge on any atom is -0.504 e. The van der Waals surface area contributed by atoms with Crippen LogP contribution < -0.4 is 10.2 Å². The number of nitrogens with one attached hydrogen (secondary N) is 1. The molecule has 0 saturated carbocycles. The van der Waals surface area contributed by atoms with Gasteiger partial charge in [0.15, 0.2) is 11.5 Å². The van der Waals surface area contributed by atoms with Crippen molar-refractivity contribution >= 4 is 23.0 Å². The summed E-state index contributed by atoms with van der Waals surface area (Å²) in [5.74, 6) is -0.149. The van der Waals surface area contributed by atoms with E-state index in [9.17, 15) is 15.0 Å². The molecule has 0 aliphatic heterocycles. The number of methoxy groups -OCH3 is 1. The van der Waals surface area contributed by atoms with Gasteiger partial charge in [-0.15, -0.1) is 0 Å². The lowest BCUT2D eigenvalue weighted by atomic mass is 10.1. The molecule has 26 heavy (non-hydrogen) atoms. The summed E-state index contributed by atoms with van der Waals surface area (Å²) >= 11 is 0. The van der Waals surface area contributed by atoms with Gasteiger partial charge in [0.25, 0.3) is 5.91 Å². The Labute approximate surface area is 150 Å². The Bertz CT molecular complexity index is 1020. The first-order chi connectivity index (χ1) is 12.4. The number of aromatic hydroxyl groups is 2. The van der Waals surface area contributed by atoms with Crippen LogP contribution in [0.1, 0.15) is 21.6 Å². The number of ether oxygens (including phenoxy) is 1. The summed E-state index contributed by atoms with van der Waals surface area (Å²) in [7, 11) is 3.47. The molecule has 0 unspecified atom stereocenters. The molecule has 3 rings (SSSR count). The number of carbonyl (C=O) groups excluding carboxylic acids is 1. The van der Waals surface area contributed by atoms with Gasteiger partial charge in [-0.25, -0.2) is 5.43 Å². The first kappa shape index (κ1) is 17.3. The van der Waals surface area contributed by atoms with Crippen LogP contribution in [0.4, 0.5) is 0 Å². The van der Waals surface area contributed by atoms with Gasteiger partial charge >= 0.3 is 0 Å². The summed E-state index contributed by atoms with van der Waals surface area (Å²) in [6, 6.07) is 9.83. The van der Waals surface area contributed by atoms with Crippen molar-refractivity contribution in [3.05, 3.63) is 53.2 Å². The molecule has 0 saturated heterocycles. The molecule has 0 atom stereocenters. The van der Waals surface area contributed by atoms with Crippen LogP contribution in [0.15, 0.2) is 41.5 Å². The van der Waals surface area contributed by atoms with E-state index in [4.69, 9.17) is 4.74 Å². The fourth-order valence-corrected chi connectivity index (χ4v) is 2.81. The molecule has 1 aromatic heterocycles. The summed E-state index contributed by atoms with van der Waals surface area (Å²) in [4.78, 5) is 12.6. The van der Waals surface area contributed by atoms with Crippen LogP contribution in [0.2, 0.25) is 0 Å². The fourth-order valence-electron chi connectivity index (χ4n) is 2.81. The number of rotatable bonds is 4. The highest BCUT2D eigenvalue weighted by Gasteiger charge is 2.18. The third-order valence-corrected chi connectivity index (χ3v) is 4.31. The quantitative estimate of drug-likeness (QED) is 0.382. The smallest absolute Gasteiger partial charge is 0.273 e. The van der Waals surface area contributed by atoms with E-state index in [0.717, 1.165) is 16.6 Å². The van der Waals surface area contributed by atoms with Crippen LogP contribution in [-0.2, 0) is 7.05 Å². The number of aryl methyl sites for hydroxylation is 1. The minimum atomic E-state index is -0.347. The molecule has 2 aromatic carbocycles. The highest BCUT2D eigenvalue weighted by molar-refractivity contribution is 6.08. The van der Waals surface area contributed by atoms with Gasteiger partial charge in [-0.2, -0.15) is 5.10 Å². The molecule has 0 fully saturated rings. The maximum absolute atomic E-state index is 12.6. The Balaban J connectivity index is 1.88. The molecule has 1 heterocycles. The topological polar surface area (TPSA) is 96.1 Å². The number of aromatic nitrogens is 1. The molecular formula is C19H19N3O4. The first-order valence-electron chi connectivity index (χ1n) is 7.90. The van der Waals surface area contributed by atoms with Gasteiger partial charge in [-0.3, -0.25) is 4.79 Å². The molecule has 3 aromatic rings. The second-order valence-electron chi connectivity index (χ2n) is 5.85. The Morgan fingerprint density at radius 1 is 1.19 bits per heavy atom. The predicted octanol–water partition coefficient (Wildman–Crippen LogP) is 2.67. The van der Waals surface area contributed by atoms with Gasteiger partial charge < -0.3 is 19.5 Å². The second kappa shape index (κ2) is 6.79. The number of phenols is 2. The van der Waals surface area contributed by atoms with Crippen LogP contribution in [0.25, 0.3) is 10.9 Å². The number of hydrazone groups is 1. The number of nitrogens with zero attached hydrogens (tertiary/aromatic N) is 2. The summed E-state index contributed by atoms with van der Waals surface area (Å²) in [6.07, 6.45) is 1.39. The van der Waals surface area contributed by atoms with Crippen molar-refractivity contribution in [1.29, 1.82) is 0 Å². The largest absolute Gasteiger partial charge is 0.504 e. The highest BCUT2D eigenvalue weighted by Crippen LogP contribution is 2.28. The zero-order valence-electron chi connectivity index (χ0n) is 14.6. The van der Waals surface area contributed by atoms with Crippen LogP contribution in [0.5, 0.6) is 17.2 Å². The number of phenolic OH excluding ortho intramolecular Hbond substituents is 2. The monoisotopic (exact) mass is 353 g/mol. The third-order valence-electron chi connectivity index (χ3n) is 4.31. The van der Waals surface area contributed by atoms with E-state index in [2.05, 4.69) is 10.5 Å². The van der Waals surface area contributed by atoms with E-state index in [1.165, 1.54) is 18.3 Å². The minimum absolute atomic E-state index is 0.216. The Kier molecular flexibility index (Phi) is 4.53. The average molecular weight is 353 g/mol. The van der Waals surface area contributed by atoms with Crippen molar-refractivity contribution in [3.8, 4) is 17.2 Å². The van der Waals surface area contributed by atoms with E-state index in [1.807, 2.05) is 36.7 Å². The van der Waals surface area contributed by atoms with Gasteiger partial charge in [0.05, 0.1) is 18.9 Å². The molecule has 0 bridgehead atoms. The Hall–Kier alpha value is -3.48. The number of carbonyl (C=O) groups is 1. The predicted molar refractivity (Wildman–Crippen MR) is 99.0 cm³/mol. The maximum Gasteiger partial charge on any atom is 0.273 e. The lowest BCUT2D eigenvalue weighted by Crippen LogP contribution is -2.18. The second-order valence-corrected chi connectivity index (χ2v) is 5.85. The summed E-state index contributed by atoms with van der Waals surface area (Å²) in [5, 5.41) is 23.5. The van der Waals surface area contributed by atoms with Crippen molar-refractivity contribution in [3.63, 3.8) is 0 Å². The molecule has 1 amide bonds. The maximum atomic E-state index is 12.6. The zero-order chi connectivity index (χ0) is 18.8. The molecular weight excluding hydrogens is 334 g/mol. The summed E-state index contributed by atoms with van der Waals surface area (Å²) < 4.78 is 7.19. The van der Waals surface area contributed by atoms with Crippen molar-refractivity contribution in [1.82, 2.24) is 9.99 Å². The lowest BCUT2D eigenvalue weighted by Gasteiger charge is -2.02. The summed E-state index contributed by atoms with van der Waals surface area (Å²) in [6.45, 7) is 1.86. The SMILES string of the molecule is COc1ccc2c(c1)c(C(=O)N/N=C\c1ccc(O)c(O)c1)c(C)n2C. The fraction of sp³-hybridized carbons (Fsp3) is 0.158. The van der Waals surface area contributed by atoms with Crippen LogP contribution in [0.3, 0.4) is 0 Å². The van der Waals surface area contributed by atoms with E-state index in [-0.39, 0.29) is 17.4 Å². The van der Waals surface area contributed by atoms with Crippen molar-refractivity contribution < 1.29 is 19.7 Å². The van der Waals surface area contributed by atoms with Gasteiger partial charge in [0.1, 0.15) is 5.75 Å². The van der Waals surface area contributed by atoms with E-state index in [0.29, 0.717) is 16.9 Å². The number of benzene rings is 2. The number of hydrogen-bond acceptors (Lipinski definition) is 5. The molecule has 0 aliphatic carbocycles. The third kappa shape index (κ3) is 3.06. The first-order valence-corrected chi connectivity index (χ1v) is 7.90.